The number of hydrogen-bond acceptors (Lipinski definition) is 10. The fourth-order valence-electron chi connectivity index (χ4n) is 3.32. The van der Waals surface area contributed by atoms with Crippen LogP contribution in [0.2, 0.25) is 0 Å². The highest BCUT2D eigenvalue weighted by molar-refractivity contribution is 8.00. The molecule has 3 aromatic heterocycles. The topological polar surface area (TPSA) is 136 Å². The number of nitrogens with zero attached hydrogens (tertiary/aromatic N) is 3. The van der Waals surface area contributed by atoms with Crippen LogP contribution in [-0.2, 0) is 14.3 Å². The van der Waals surface area contributed by atoms with Crippen molar-refractivity contribution in [2.45, 2.75) is 31.2 Å². The lowest BCUT2D eigenvalue weighted by Gasteiger charge is -2.11. The van der Waals surface area contributed by atoms with Crippen LogP contribution in [0.1, 0.15) is 39.4 Å². The van der Waals surface area contributed by atoms with E-state index in [0.29, 0.717) is 21.9 Å². The highest BCUT2D eigenvalue weighted by atomic mass is 32.2. The number of H-pyrrole nitrogens is 1. The highest BCUT2D eigenvalue weighted by Crippen LogP contribution is 2.35. The van der Waals surface area contributed by atoms with E-state index in [-0.39, 0.29) is 22.0 Å². The van der Waals surface area contributed by atoms with Crippen molar-refractivity contribution < 1.29 is 23.9 Å². The number of fused-ring (bicyclic) bond motifs is 3. The fraction of sp³-hybridized carbons (Fsp3) is 0.273. The Hall–Kier alpha value is -3.51. The van der Waals surface area contributed by atoms with Crippen molar-refractivity contribution in [1.82, 2.24) is 20.2 Å². The van der Waals surface area contributed by atoms with Crippen LogP contribution in [0.3, 0.4) is 0 Å². The third-order valence-corrected chi connectivity index (χ3v) is 7.13. The highest BCUT2D eigenvalue weighted by Gasteiger charge is 2.28. The average Bonchev–Trinajstić information content (AvgIpc) is 3.35. The Bertz CT molecular complexity index is 1410. The van der Waals surface area contributed by atoms with Gasteiger partial charge in [-0.25, -0.2) is 14.6 Å². The van der Waals surface area contributed by atoms with Gasteiger partial charge in [0.25, 0.3) is 0 Å². The van der Waals surface area contributed by atoms with E-state index in [1.54, 1.807) is 20.8 Å². The Morgan fingerprint density at radius 3 is 2.71 bits per heavy atom. The summed E-state index contributed by atoms with van der Waals surface area (Å²) < 4.78 is 9.90. The van der Waals surface area contributed by atoms with Gasteiger partial charge in [-0.2, -0.15) is 0 Å². The molecular weight excluding hydrogens is 478 g/mol. The van der Waals surface area contributed by atoms with Crippen molar-refractivity contribution in [3.05, 3.63) is 40.3 Å². The van der Waals surface area contributed by atoms with E-state index in [9.17, 15) is 14.4 Å². The van der Waals surface area contributed by atoms with Gasteiger partial charge in [-0.05, 0) is 32.4 Å². The molecule has 1 aromatic carbocycles. The summed E-state index contributed by atoms with van der Waals surface area (Å²) in [4.78, 5) is 45.4. The van der Waals surface area contributed by atoms with Crippen LogP contribution in [0.4, 0.5) is 5.00 Å². The second kappa shape index (κ2) is 9.77. The molecule has 176 valence electrons. The number of carbonyl (C=O) groups is 3. The number of anilines is 1. The number of aromatic amines is 1. The lowest BCUT2D eigenvalue weighted by molar-refractivity contribution is -0.115. The Morgan fingerprint density at radius 1 is 1.21 bits per heavy atom. The van der Waals surface area contributed by atoms with Crippen LogP contribution < -0.4 is 5.32 Å². The average molecular weight is 500 g/mol. The molecule has 0 saturated carbocycles. The largest absolute Gasteiger partial charge is 0.465 e. The van der Waals surface area contributed by atoms with Crippen molar-refractivity contribution in [2.24, 2.45) is 0 Å². The van der Waals surface area contributed by atoms with Gasteiger partial charge in [-0.3, -0.25) is 4.79 Å². The number of hydrogen-bond donors (Lipinski definition) is 2. The van der Waals surface area contributed by atoms with Gasteiger partial charge < -0.3 is 19.8 Å². The molecule has 0 aliphatic rings. The number of thioether (sulfide) groups is 1. The number of benzene rings is 1. The lowest BCUT2D eigenvalue weighted by Crippen LogP contribution is -2.23. The third-order valence-electron chi connectivity index (χ3n) is 4.99. The molecule has 10 nitrogen and oxygen atoms in total. The second-order valence-electron chi connectivity index (χ2n) is 7.18. The maximum Gasteiger partial charge on any atom is 0.348 e. The first-order valence-corrected chi connectivity index (χ1v) is 12.0. The minimum absolute atomic E-state index is 0.124. The number of nitrogens with one attached hydrogen (secondary N) is 2. The van der Waals surface area contributed by atoms with Crippen LogP contribution in [0.25, 0.3) is 22.1 Å². The van der Waals surface area contributed by atoms with Crippen molar-refractivity contribution in [3.63, 3.8) is 0 Å². The standard InChI is InChI=1S/C22H21N5O5S2/c1-5-32-21(30)16-10(2)14(20(29)31-4)19(34-16)25-18(28)11(3)33-22-24-17-15(26-27-22)12-8-6-7-9-13(12)23-17/h6-9,11H,5H2,1-4H3,(H,25,28)(H,23,24,27). The van der Waals surface area contributed by atoms with Crippen LogP contribution in [0.15, 0.2) is 29.4 Å². The molecule has 0 spiro atoms. The monoisotopic (exact) mass is 499 g/mol. The first-order valence-electron chi connectivity index (χ1n) is 10.3. The minimum atomic E-state index is -0.656. The molecular formula is C22H21N5O5S2. The van der Waals surface area contributed by atoms with Gasteiger partial charge in [-0.1, -0.05) is 30.0 Å². The van der Waals surface area contributed by atoms with Gasteiger partial charge in [0.15, 0.2) is 5.65 Å². The predicted molar refractivity (Wildman–Crippen MR) is 129 cm³/mol. The zero-order chi connectivity index (χ0) is 24.4. The summed E-state index contributed by atoms with van der Waals surface area (Å²) in [7, 11) is 1.23. The van der Waals surface area contributed by atoms with E-state index in [4.69, 9.17) is 9.47 Å². The van der Waals surface area contributed by atoms with Crippen molar-refractivity contribution in [2.75, 3.05) is 19.0 Å². The fourth-order valence-corrected chi connectivity index (χ4v) is 5.13. The quantitative estimate of drug-likeness (QED) is 0.286. The van der Waals surface area contributed by atoms with Gasteiger partial charge in [0.05, 0.1) is 24.5 Å². The Morgan fingerprint density at radius 2 is 1.97 bits per heavy atom. The van der Waals surface area contributed by atoms with Crippen LogP contribution in [-0.4, -0.2) is 57.0 Å². The molecule has 4 aromatic rings. The number of rotatable bonds is 7. The van der Waals surface area contributed by atoms with E-state index in [1.165, 1.54) is 7.11 Å². The zero-order valence-corrected chi connectivity index (χ0v) is 20.4. The number of methoxy groups -OCH3 is 1. The number of amides is 1. The van der Waals surface area contributed by atoms with E-state index in [2.05, 4.69) is 25.5 Å². The summed E-state index contributed by atoms with van der Waals surface area (Å²) in [6.07, 6.45) is 0. The SMILES string of the molecule is CCOC(=O)c1sc(NC(=O)C(C)Sc2nnc3c(n2)[nH]c2ccccc23)c(C(=O)OC)c1C. The van der Waals surface area contributed by atoms with Crippen molar-refractivity contribution in [1.29, 1.82) is 0 Å². The van der Waals surface area contributed by atoms with E-state index < -0.39 is 23.1 Å². The first kappa shape index (κ1) is 23.6. The number of ether oxygens (including phenoxy) is 2. The van der Waals surface area contributed by atoms with Crippen LogP contribution in [0.5, 0.6) is 0 Å². The third kappa shape index (κ3) is 4.46. The van der Waals surface area contributed by atoms with Gasteiger partial charge in [0.2, 0.25) is 11.1 Å². The zero-order valence-electron chi connectivity index (χ0n) is 18.8. The molecule has 1 atom stereocenters. The van der Waals surface area contributed by atoms with E-state index >= 15 is 0 Å². The normalized spacial score (nSPS) is 12.0. The summed E-state index contributed by atoms with van der Waals surface area (Å²) in [6.45, 7) is 5.17. The van der Waals surface area contributed by atoms with Crippen LogP contribution in [0, 0.1) is 6.92 Å². The smallest absolute Gasteiger partial charge is 0.348 e. The lowest BCUT2D eigenvalue weighted by atomic mass is 10.1. The summed E-state index contributed by atoms with van der Waals surface area (Å²) in [5.41, 5.74) is 2.64. The molecule has 0 aliphatic heterocycles. The second-order valence-corrected chi connectivity index (χ2v) is 9.51. The number of aromatic nitrogens is 4. The summed E-state index contributed by atoms with van der Waals surface area (Å²) in [5, 5.41) is 12.0. The molecule has 2 N–H and O–H groups in total. The molecule has 1 unspecified atom stereocenters. The Balaban J connectivity index is 1.55. The molecule has 0 bridgehead atoms. The summed E-state index contributed by atoms with van der Waals surface area (Å²) >= 11 is 2.09. The van der Waals surface area contributed by atoms with Gasteiger partial charge in [0, 0.05) is 10.9 Å². The van der Waals surface area contributed by atoms with E-state index in [1.807, 2.05) is 24.3 Å². The molecule has 0 radical (unpaired) electrons. The molecule has 0 aliphatic carbocycles. The molecule has 3 heterocycles. The molecule has 1 amide bonds. The molecule has 34 heavy (non-hydrogen) atoms. The van der Waals surface area contributed by atoms with E-state index in [0.717, 1.165) is 34.0 Å². The van der Waals surface area contributed by atoms with Gasteiger partial charge in [-0.15, -0.1) is 21.5 Å². The number of esters is 2. The molecule has 0 fully saturated rings. The maximum absolute atomic E-state index is 12.9. The van der Waals surface area contributed by atoms with Crippen LogP contribution >= 0.6 is 23.1 Å². The minimum Gasteiger partial charge on any atom is -0.465 e. The van der Waals surface area contributed by atoms with Crippen molar-refractivity contribution >= 4 is 68.0 Å². The number of carbonyl (C=O) groups excluding carboxylic acids is 3. The maximum atomic E-state index is 12.9. The summed E-state index contributed by atoms with van der Waals surface area (Å²) in [6, 6.07) is 7.68. The van der Waals surface area contributed by atoms with Gasteiger partial charge >= 0.3 is 11.9 Å². The number of thiophene rings is 1. The first-order chi connectivity index (χ1) is 16.3. The molecule has 12 heteroatoms. The Labute approximate surface area is 202 Å². The van der Waals surface area contributed by atoms with Crippen molar-refractivity contribution in [3.8, 4) is 0 Å². The number of para-hydroxylation sites is 1. The van der Waals surface area contributed by atoms with Gasteiger partial charge in [0.1, 0.15) is 15.4 Å². The Kier molecular flexibility index (Phi) is 6.80. The summed E-state index contributed by atoms with van der Waals surface area (Å²) in [5.74, 6) is -1.62. The predicted octanol–water partition coefficient (Wildman–Crippen LogP) is 3.96. The molecule has 0 saturated heterocycles. The molecule has 4 rings (SSSR count).